The lowest BCUT2D eigenvalue weighted by Gasteiger charge is -2.18. The second kappa shape index (κ2) is 8.39. The van der Waals surface area contributed by atoms with Gasteiger partial charge < -0.3 is 23.6 Å². The highest BCUT2D eigenvalue weighted by molar-refractivity contribution is 7.99. The number of thioether (sulfide) groups is 1. The van der Waals surface area contributed by atoms with Gasteiger partial charge in [0.25, 0.3) is 11.1 Å². The Kier molecular flexibility index (Phi) is 5.52. The van der Waals surface area contributed by atoms with Crippen LogP contribution in [0.5, 0.6) is 11.5 Å². The van der Waals surface area contributed by atoms with Crippen LogP contribution in [0.15, 0.2) is 44.6 Å². The van der Waals surface area contributed by atoms with E-state index in [1.165, 1.54) is 11.8 Å². The molecule has 0 radical (unpaired) electrons. The highest BCUT2D eigenvalue weighted by atomic mass is 32.2. The number of hydrogen-bond donors (Lipinski definition) is 1. The number of amides is 1. The lowest BCUT2D eigenvalue weighted by molar-refractivity contribution is -0.118. The number of nitrogens with zero attached hydrogens (tertiary/aromatic N) is 2. The number of ether oxygens (including phenoxy) is 2. The van der Waals surface area contributed by atoms with Crippen LogP contribution in [0.25, 0.3) is 11.5 Å². The molecule has 2 aromatic heterocycles. The molecular formula is C19H19N3O5S. The Bertz CT molecular complexity index is 968. The van der Waals surface area contributed by atoms with Gasteiger partial charge in [0.05, 0.1) is 17.6 Å². The van der Waals surface area contributed by atoms with E-state index in [9.17, 15) is 4.79 Å². The average Bonchev–Trinajstić information content (AvgIpc) is 3.35. The lowest BCUT2D eigenvalue weighted by Crippen LogP contribution is -2.27. The van der Waals surface area contributed by atoms with E-state index >= 15 is 0 Å². The summed E-state index contributed by atoms with van der Waals surface area (Å²) >= 11 is 1.20. The molecule has 0 fully saturated rings. The van der Waals surface area contributed by atoms with Gasteiger partial charge >= 0.3 is 0 Å². The maximum Gasteiger partial charge on any atom is 0.277 e. The highest BCUT2D eigenvalue weighted by Gasteiger charge is 2.15. The van der Waals surface area contributed by atoms with Gasteiger partial charge in [-0.05, 0) is 37.1 Å². The minimum absolute atomic E-state index is 0.0956. The molecule has 0 saturated carbocycles. The van der Waals surface area contributed by atoms with Crippen LogP contribution in [0.1, 0.15) is 11.3 Å². The van der Waals surface area contributed by atoms with Gasteiger partial charge in [0.1, 0.15) is 19.0 Å². The topological polar surface area (TPSA) is 99.6 Å². The molecule has 1 amide bonds. The van der Waals surface area contributed by atoms with Crippen LogP contribution >= 0.6 is 11.8 Å². The summed E-state index contributed by atoms with van der Waals surface area (Å²) in [4.78, 5) is 12.0. The van der Waals surface area contributed by atoms with Gasteiger partial charge in [-0.1, -0.05) is 17.8 Å². The molecule has 9 heteroatoms. The van der Waals surface area contributed by atoms with Crippen molar-refractivity contribution in [1.82, 2.24) is 15.5 Å². The number of carbonyl (C=O) groups is 1. The number of aromatic nitrogens is 2. The van der Waals surface area contributed by atoms with Gasteiger partial charge in [0.2, 0.25) is 5.91 Å². The number of hydrogen-bond acceptors (Lipinski definition) is 8. The third-order valence-corrected chi connectivity index (χ3v) is 4.98. The zero-order chi connectivity index (χ0) is 19.3. The van der Waals surface area contributed by atoms with Crippen molar-refractivity contribution >= 4 is 17.7 Å². The first-order valence-electron chi connectivity index (χ1n) is 8.85. The Labute approximate surface area is 165 Å². The molecule has 3 heterocycles. The van der Waals surface area contributed by atoms with E-state index in [-0.39, 0.29) is 11.7 Å². The Morgan fingerprint density at radius 3 is 2.86 bits per heavy atom. The van der Waals surface area contributed by atoms with Gasteiger partial charge in [0.15, 0.2) is 11.5 Å². The molecule has 0 atom stereocenters. The maximum absolute atomic E-state index is 12.0. The van der Waals surface area contributed by atoms with Crippen LogP contribution in [0.3, 0.4) is 0 Å². The van der Waals surface area contributed by atoms with Crippen molar-refractivity contribution in [3.05, 3.63) is 41.9 Å². The minimum Gasteiger partial charge on any atom is -0.486 e. The van der Waals surface area contributed by atoms with Crippen molar-refractivity contribution in [3.63, 3.8) is 0 Å². The predicted octanol–water partition coefficient (Wildman–Crippen LogP) is 2.86. The Morgan fingerprint density at radius 1 is 1.18 bits per heavy atom. The molecule has 0 aliphatic carbocycles. The van der Waals surface area contributed by atoms with Crippen molar-refractivity contribution in [2.45, 2.75) is 18.6 Å². The molecule has 1 aliphatic heterocycles. The summed E-state index contributed by atoms with van der Waals surface area (Å²) in [5.41, 5.74) is 1.83. The number of fused-ring (bicyclic) bond motifs is 1. The number of nitrogens with one attached hydrogen (secondary N) is 1. The Morgan fingerprint density at radius 2 is 2.04 bits per heavy atom. The van der Waals surface area contributed by atoms with E-state index in [4.69, 9.17) is 18.3 Å². The van der Waals surface area contributed by atoms with Crippen LogP contribution in [-0.2, 0) is 11.2 Å². The molecule has 146 valence electrons. The monoisotopic (exact) mass is 401 g/mol. The number of aryl methyl sites for hydroxylation is 1. The second-order valence-corrected chi connectivity index (χ2v) is 7.06. The Balaban J connectivity index is 1.22. The van der Waals surface area contributed by atoms with Crippen molar-refractivity contribution in [2.24, 2.45) is 0 Å². The summed E-state index contributed by atoms with van der Waals surface area (Å²) in [7, 11) is 0. The van der Waals surface area contributed by atoms with Crippen molar-refractivity contribution in [1.29, 1.82) is 0 Å². The molecule has 3 aromatic rings. The third-order valence-electron chi connectivity index (χ3n) is 4.16. The minimum atomic E-state index is -0.0956. The van der Waals surface area contributed by atoms with E-state index in [0.29, 0.717) is 43.1 Å². The summed E-state index contributed by atoms with van der Waals surface area (Å²) in [6.45, 7) is 3.48. The first-order chi connectivity index (χ1) is 13.7. The smallest absolute Gasteiger partial charge is 0.277 e. The summed E-state index contributed by atoms with van der Waals surface area (Å²) in [5.74, 6) is 2.71. The SMILES string of the molecule is Cc1occc1-c1nnc(SCC(=O)NCCc2ccc3c(c2)OCCO3)o1. The molecule has 0 unspecified atom stereocenters. The van der Waals surface area contributed by atoms with Crippen molar-refractivity contribution in [3.8, 4) is 23.0 Å². The van der Waals surface area contributed by atoms with Crippen LogP contribution < -0.4 is 14.8 Å². The van der Waals surface area contributed by atoms with Crippen LogP contribution in [0, 0.1) is 6.92 Å². The van der Waals surface area contributed by atoms with E-state index in [1.54, 1.807) is 12.3 Å². The molecule has 0 spiro atoms. The fraction of sp³-hybridized carbons (Fsp3) is 0.316. The van der Waals surface area contributed by atoms with E-state index in [1.807, 2.05) is 25.1 Å². The number of carbonyl (C=O) groups excluding carboxylic acids is 1. The zero-order valence-corrected chi connectivity index (χ0v) is 16.1. The maximum atomic E-state index is 12.0. The normalized spacial score (nSPS) is 12.8. The molecule has 28 heavy (non-hydrogen) atoms. The molecule has 1 aromatic carbocycles. The standard InChI is InChI=1S/C19H19N3O5S/c1-12-14(5-7-24-12)18-21-22-19(27-18)28-11-17(23)20-6-4-13-2-3-15-16(10-13)26-9-8-25-15/h2-3,5,7,10H,4,6,8-9,11H2,1H3,(H,20,23). The van der Waals surface area contributed by atoms with Gasteiger partial charge in [0, 0.05) is 6.54 Å². The fourth-order valence-corrected chi connectivity index (χ4v) is 3.34. The van der Waals surface area contributed by atoms with Crippen molar-refractivity contribution < 1.29 is 23.1 Å². The van der Waals surface area contributed by atoms with E-state index in [0.717, 1.165) is 22.6 Å². The summed E-state index contributed by atoms with van der Waals surface area (Å²) in [6.07, 6.45) is 2.27. The quantitative estimate of drug-likeness (QED) is 0.604. The third kappa shape index (κ3) is 4.30. The van der Waals surface area contributed by atoms with Gasteiger partial charge in [-0.15, -0.1) is 10.2 Å². The number of rotatable bonds is 7. The molecule has 0 saturated heterocycles. The van der Waals surface area contributed by atoms with Gasteiger partial charge in [-0.2, -0.15) is 0 Å². The first kappa shape index (κ1) is 18.4. The summed E-state index contributed by atoms with van der Waals surface area (Å²) in [5, 5.41) is 11.2. The average molecular weight is 401 g/mol. The molecule has 0 bridgehead atoms. The lowest BCUT2D eigenvalue weighted by atomic mass is 10.1. The predicted molar refractivity (Wildman–Crippen MR) is 102 cm³/mol. The first-order valence-corrected chi connectivity index (χ1v) is 9.83. The summed E-state index contributed by atoms with van der Waals surface area (Å²) < 4.78 is 21.9. The summed E-state index contributed by atoms with van der Waals surface area (Å²) in [6, 6.07) is 7.59. The molecule has 1 N–H and O–H groups in total. The number of furan rings is 1. The molecule has 8 nitrogen and oxygen atoms in total. The largest absolute Gasteiger partial charge is 0.486 e. The number of benzene rings is 1. The van der Waals surface area contributed by atoms with Gasteiger partial charge in [-0.25, -0.2) is 0 Å². The van der Waals surface area contributed by atoms with Crippen molar-refractivity contribution in [2.75, 3.05) is 25.5 Å². The van der Waals surface area contributed by atoms with Crippen LogP contribution in [0.4, 0.5) is 0 Å². The van der Waals surface area contributed by atoms with Crippen LogP contribution in [0.2, 0.25) is 0 Å². The molecule has 4 rings (SSSR count). The zero-order valence-electron chi connectivity index (χ0n) is 15.3. The van der Waals surface area contributed by atoms with Gasteiger partial charge in [-0.3, -0.25) is 4.79 Å². The van der Waals surface area contributed by atoms with Crippen LogP contribution in [-0.4, -0.2) is 41.6 Å². The highest BCUT2D eigenvalue weighted by Crippen LogP contribution is 2.30. The van der Waals surface area contributed by atoms with E-state index < -0.39 is 0 Å². The fourth-order valence-electron chi connectivity index (χ4n) is 2.75. The molecule has 1 aliphatic rings. The molecular weight excluding hydrogens is 382 g/mol. The Hall–Kier alpha value is -2.94. The second-order valence-electron chi connectivity index (χ2n) is 6.13. The van der Waals surface area contributed by atoms with E-state index in [2.05, 4.69) is 15.5 Å².